The molecule has 3 heterocycles. The maximum atomic E-state index is 13.2. The van der Waals surface area contributed by atoms with Crippen molar-refractivity contribution >= 4 is 40.0 Å². The number of likely N-dealkylation sites (tertiary alicyclic amines) is 1. The maximum absolute atomic E-state index is 13.2. The van der Waals surface area contributed by atoms with E-state index in [1.807, 2.05) is 59.5 Å². The number of primary amides is 1. The summed E-state index contributed by atoms with van der Waals surface area (Å²) in [4.78, 5) is 46.0. The Morgan fingerprint density at radius 2 is 1.67 bits per heavy atom. The Labute approximate surface area is 210 Å². The largest absolute Gasteiger partial charge is 0.369 e. The fourth-order valence-corrected chi connectivity index (χ4v) is 5.24. The number of nitrogens with one attached hydrogen (secondary N) is 1. The molecule has 1 unspecified atom stereocenters. The van der Waals surface area contributed by atoms with Gasteiger partial charge < -0.3 is 20.9 Å². The Morgan fingerprint density at radius 3 is 2.42 bits per heavy atom. The molecule has 5 rings (SSSR count). The number of carbonyl (C=O) groups is 3. The molecule has 36 heavy (non-hydrogen) atoms. The topological polar surface area (TPSA) is 109 Å². The van der Waals surface area contributed by atoms with E-state index in [-0.39, 0.29) is 29.6 Å². The van der Waals surface area contributed by atoms with Gasteiger partial charge in [0.15, 0.2) is 0 Å². The van der Waals surface area contributed by atoms with Crippen LogP contribution in [0.2, 0.25) is 0 Å². The van der Waals surface area contributed by atoms with Gasteiger partial charge in [-0.25, -0.2) is 4.98 Å². The number of hydrogen-bond donors (Lipinski definition) is 2. The zero-order chi connectivity index (χ0) is 25.1. The van der Waals surface area contributed by atoms with E-state index >= 15 is 0 Å². The van der Waals surface area contributed by atoms with E-state index in [0.29, 0.717) is 43.7 Å². The molecule has 3 N–H and O–H groups in total. The number of nitrogens with zero attached hydrogens (tertiary/aromatic N) is 3. The number of fused-ring (bicyclic) bond motifs is 1. The summed E-state index contributed by atoms with van der Waals surface area (Å²) in [7, 11) is 0. The molecule has 0 aliphatic carbocycles. The fourth-order valence-electron chi connectivity index (χ4n) is 5.24. The molecule has 2 aliphatic rings. The van der Waals surface area contributed by atoms with Gasteiger partial charge in [-0.15, -0.1) is 0 Å². The standard InChI is InChI=1S/C28H31N5O3/c29-26(34)21-7-4-14-33(18-21)25-11-10-22(17-30-25)31-27(35)20-12-15-32(16-13-20)28(36)24-9-3-6-19-5-1-2-8-23(19)24/h1-3,5-6,8-11,17,20-21H,4,7,12-16,18H2,(H2,29,34)(H,31,35). The Kier molecular flexibility index (Phi) is 6.84. The third kappa shape index (κ3) is 5.03. The van der Waals surface area contributed by atoms with Gasteiger partial charge in [-0.1, -0.05) is 36.4 Å². The van der Waals surface area contributed by atoms with Crippen LogP contribution >= 0.6 is 0 Å². The summed E-state index contributed by atoms with van der Waals surface area (Å²) in [5.74, 6) is 0.168. The van der Waals surface area contributed by atoms with Gasteiger partial charge >= 0.3 is 0 Å². The van der Waals surface area contributed by atoms with Crippen molar-refractivity contribution in [2.75, 3.05) is 36.4 Å². The van der Waals surface area contributed by atoms with Crippen molar-refractivity contribution < 1.29 is 14.4 Å². The average Bonchev–Trinajstić information content (AvgIpc) is 2.93. The van der Waals surface area contributed by atoms with E-state index in [1.54, 1.807) is 6.20 Å². The predicted molar refractivity (Wildman–Crippen MR) is 140 cm³/mol. The average molecular weight is 486 g/mol. The summed E-state index contributed by atoms with van der Waals surface area (Å²) in [5, 5.41) is 4.97. The van der Waals surface area contributed by atoms with Crippen molar-refractivity contribution in [2.45, 2.75) is 25.7 Å². The molecular formula is C28H31N5O3. The molecule has 0 bridgehead atoms. The van der Waals surface area contributed by atoms with Crippen LogP contribution in [-0.2, 0) is 9.59 Å². The highest BCUT2D eigenvalue weighted by molar-refractivity contribution is 6.07. The second kappa shape index (κ2) is 10.4. The first-order valence-corrected chi connectivity index (χ1v) is 12.6. The maximum Gasteiger partial charge on any atom is 0.254 e. The van der Waals surface area contributed by atoms with E-state index in [2.05, 4.69) is 15.2 Å². The van der Waals surface area contributed by atoms with Crippen LogP contribution in [-0.4, -0.2) is 53.8 Å². The highest BCUT2D eigenvalue weighted by atomic mass is 16.2. The third-order valence-corrected chi connectivity index (χ3v) is 7.34. The van der Waals surface area contributed by atoms with Gasteiger partial charge in [-0.3, -0.25) is 14.4 Å². The van der Waals surface area contributed by atoms with Crippen LogP contribution in [0.25, 0.3) is 10.8 Å². The summed E-state index contributed by atoms with van der Waals surface area (Å²) in [6, 6.07) is 17.4. The smallest absolute Gasteiger partial charge is 0.254 e. The van der Waals surface area contributed by atoms with Crippen molar-refractivity contribution in [3.05, 3.63) is 66.4 Å². The molecule has 8 heteroatoms. The Morgan fingerprint density at radius 1 is 0.889 bits per heavy atom. The SMILES string of the molecule is NC(=O)C1CCCN(c2ccc(NC(=O)C3CCN(C(=O)c4cccc5ccccc45)CC3)cn2)C1. The van der Waals surface area contributed by atoms with E-state index in [0.717, 1.165) is 36.0 Å². The summed E-state index contributed by atoms with van der Waals surface area (Å²) in [5.41, 5.74) is 6.83. The van der Waals surface area contributed by atoms with Crippen LogP contribution in [0.1, 0.15) is 36.0 Å². The molecule has 2 fully saturated rings. The number of piperidine rings is 2. The molecule has 3 aromatic rings. The Balaban J connectivity index is 1.15. The molecule has 1 aromatic heterocycles. The van der Waals surface area contributed by atoms with Crippen molar-refractivity contribution in [2.24, 2.45) is 17.6 Å². The number of amides is 3. The van der Waals surface area contributed by atoms with Gasteiger partial charge in [-0.2, -0.15) is 0 Å². The molecule has 0 radical (unpaired) electrons. The Hall–Kier alpha value is -3.94. The van der Waals surface area contributed by atoms with E-state index in [9.17, 15) is 14.4 Å². The van der Waals surface area contributed by atoms with Crippen molar-refractivity contribution in [3.8, 4) is 0 Å². The lowest BCUT2D eigenvalue weighted by Gasteiger charge is -2.32. The van der Waals surface area contributed by atoms with Gasteiger partial charge in [0.1, 0.15) is 5.82 Å². The third-order valence-electron chi connectivity index (χ3n) is 7.34. The zero-order valence-electron chi connectivity index (χ0n) is 20.2. The number of aromatic nitrogens is 1. The molecule has 2 aromatic carbocycles. The number of nitrogens with two attached hydrogens (primary N) is 1. The highest BCUT2D eigenvalue weighted by Crippen LogP contribution is 2.26. The molecule has 2 saturated heterocycles. The summed E-state index contributed by atoms with van der Waals surface area (Å²) >= 11 is 0. The predicted octanol–water partition coefficient (Wildman–Crippen LogP) is 3.43. The Bertz CT molecular complexity index is 1260. The van der Waals surface area contributed by atoms with E-state index < -0.39 is 0 Å². The fraction of sp³-hybridized carbons (Fsp3) is 0.357. The number of hydrogen-bond acceptors (Lipinski definition) is 5. The number of benzene rings is 2. The van der Waals surface area contributed by atoms with Crippen LogP contribution in [0.3, 0.4) is 0 Å². The van der Waals surface area contributed by atoms with Crippen molar-refractivity contribution in [1.29, 1.82) is 0 Å². The number of pyridine rings is 1. The van der Waals surface area contributed by atoms with Crippen LogP contribution in [0.4, 0.5) is 11.5 Å². The monoisotopic (exact) mass is 485 g/mol. The minimum absolute atomic E-state index is 0.0155. The van der Waals surface area contributed by atoms with Gasteiger partial charge in [0.2, 0.25) is 11.8 Å². The van der Waals surface area contributed by atoms with Crippen LogP contribution in [0, 0.1) is 11.8 Å². The van der Waals surface area contributed by atoms with Crippen LogP contribution in [0.5, 0.6) is 0 Å². The highest BCUT2D eigenvalue weighted by Gasteiger charge is 2.29. The van der Waals surface area contributed by atoms with Crippen LogP contribution < -0.4 is 16.0 Å². The normalized spacial score (nSPS) is 18.7. The zero-order valence-corrected chi connectivity index (χ0v) is 20.2. The lowest BCUT2D eigenvalue weighted by atomic mass is 9.94. The summed E-state index contributed by atoms with van der Waals surface area (Å²) in [6.45, 7) is 2.50. The van der Waals surface area contributed by atoms with Gasteiger partial charge in [0.05, 0.1) is 17.8 Å². The first kappa shape index (κ1) is 23.8. The second-order valence-corrected chi connectivity index (χ2v) is 9.68. The van der Waals surface area contributed by atoms with Gasteiger partial charge in [0.25, 0.3) is 5.91 Å². The number of carbonyl (C=O) groups excluding carboxylic acids is 3. The summed E-state index contributed by atoms with van der Waals surface area (Å²) < 4.78 is 0. The summed E-state index contributed by atoms with van der Waals surface area (Å²) in [6.07, 6.45) is 4.61. The van der Waals surface area contributed by atoms with Crippen molar-refractivity contribution in [1.82, 2.24) is 9.88 Å². The molecule has 2 aliphatic heterocycles. The first-order valence-electron chi connectivity index (χ1n) is 12.6. The minimum atomic E-state index is -0.270. The minimum Gasteiger partial charge on any atom is -0.369 e. The quantitative estimate of drug-likeness (QED) is 0.576. The molecule has 186 valence electrons. The number of anilines is 2. The van der Waals surface area contributed by atoms with E-state index in [4.69, 9.17) is 5.73 Å². The van der Waals surface area contributed by atoms with Crippen molar-refractivity contribution in [3.63, 3.8) is 0 Å². The second-order valence-electron chi connectivity index (χ2n) is 9.68. The lowest BCUT2D eigenvalue weighted by Crippen LogP contribution is -2.41. The molecule has 1 atom stereocenters. The van der Waals surface area contributed by atoms with Gasteiger partial charge in [0, 0.05) is 37.7 Å². The molecular weight excluding hydrogens is 454 g/mol. The molecule has 0 saturated carbocycles. The first-order chi connectivity index (χ1) is 17.5. The molecule has 8 nitrogen and oxygen atoms in total. The molecule has 0 spiro atoms. The van der Waals surface area contributed by atoms with Gasteiger partial charge in [-0.05, 0) is 54.7 Å². The lowest BCUT2D eigenvalue weighted by molar-refractivity contribution is -0.122. The van der Waals surface area contributed by atoms with E-state index in [1.165, 1.54) is 0 Å². The number of rotatable bonds is 5. The molecule has 3 amide bonds. The van der Waals surface area contributed by atoms with Crippen LogP contribution in [0.15, 0.2) is 60.8 Å².